The van der Waals surface area contributed by atoms with E-state index in [1.54, 1.807) is 13.4 Å². The second-order valence-electron chi connectivity index (χ2n) is 4.09. The van der Waals surface area contributed by atoms with Gasteiger partial charge in [-0.25, -0.2) is 0 Å². The van der Waals surface area contributed by atoms with Crippen molar-refractivity contribution >= 4 is 15.9 Å². The van der Waals surface area contributed by atoms with Crippen LogP contribution < -0.4 is 5.73 Å². The minimum Gasteiger partial charge on any atom is -0.466 e. The van der Waals surface area contributed by atoms with Crippen LogP contribution in [0.25, 0.3) is 0 Å². The summed E-state index contributed by atoms with van der Waals surface area (Å²) in [5, 5.41) is 0. The number of hydrogen-bond acceptors (Lipinski definition) is 3. The van der Waals surface area contributed by atoms with Gasteiger partial charge in [0.2, 0.25) is 0 Å². The van der Waals surface area contributed by atoms with E-state index < -0.39 is 0 Å². The summed E-state index contributed by atoms with van der Waals surface area (Å²) in [6, 6.07) is 1.68. The fourth-order valence-corrected chi connectivity index (χ4v) is 2.83. The maximum Gasteiger partial charge on any atom is 0.137 e. The SMILES string of the molecule is COC1(C(N)c2occc2Br)CCCC1. The Balaban J connectivity index is 2.26. The van der Waals surface area contributed by atoms with Crippen LogP contribution in [-0.4, -0.2) is 12.7 Å². The smallest absolute Gasteiger partial charge is 0.137 e. The first kappa shape index (κ1) is 11.2. The zero-order valence-electron chi connectivity index (χ0n) is 8.83. The van der Waals surface area contributed by atoms with Gasteiger partial charge in [-0.2, -0.15) is 0 Å². The Kier molecular flexibility index (Phi) is 3.19. The van der Waals surface area contributed by atoms with Crippen molar-refractivity contribution < 1.29 is 9.15 Å². The summed E-state index contributed by atoms with van der Waals surface area (Å²) in [5.41, 5.74) is 6.01. The second-order valence-corrected chi connectivity index (χ2v) is 4.94. The highest BCUT2D eigenvalue weighted by Crippen LogP contribution is 2.42. The molecule has 0 radical (unpaired) electrons. The Hall–Kier alpha value is -0.320. The molecule has 1 saturated carbocycles. The van der Waals surface area contributed by atoms with Gasteiger partial charge in [0, 0.05) is 7.11 Å². The van der Waals surface area contributed by atoms with Crippen molar-refractivity contribution in [2.45, 2.75) is 37.3 Å². The summed E-state index contributed by atoms with van der Waals surface area (Å²) in [6.07, 6.45) is 6.03. The monoisotopic (exact) mass is 273 g/mol. The van der Waals surface area contributed by atoms with Gasteiger partial charge in [0.1, 0.15) is 5.76 Å². The van der Waals surface area contributed by atoms with Gasteiger partial charge in [-0.1, -0.05) is 12.8 Å². The van der Waals surface area contributed by atoms with Crippen molar-refractivity contribution in [3.8, 4) is 0 Å². The van der Waals surface area contributed by atoms with Crippen molar-refractivity contribution in [3.05, 3.63) is 22.6 Å². The van der Waals surface area contributed by atoms with E-state index in [4.69, 9.17) is 14.9 Å². The minimum atomic E-state index is -0.236. The third-order valence-electron chi connectivity index (χ3n) is 3.35. The maximum atomic E-state index is 6.24. The van der Waals surface area contributed by atoms with Crippen LogP contribution in [0.2, 0.25) is 0 Å². The van der Waals surface area contributed by atoms with Crippen molar-refractivity contribution in [2.75, 3.05) is 7.11 Å². The Morgan fingerprint density at radius 1 is 1.53 bits per heavy atom. The average Bonchev–Trinajstić information content (AvgIpc) is 2.86. The molecule has 2 N–H and O–H groups in total. The lowest BCUT2D eigenvalue weighted by Gasteiger charge is -2.32. The largest absolute Gasteiger partial charge is 0.466 e. The molecule has 1 aliphatic rings. The first-order chi connectivity index (χ1) is 7.19. The molecule has 0 amide bonds. The second kappa shape index (κ2) is 4.28. The number of furan rings is 1. The third-order valence-corrected chi connectivity index (χ3v) is 4.01. The first-order valence-electron chi connectivity index (χ1n) is 5.23. The normalized spacial score (nSPS) is 21.8. The van der Waals surface area contributed by atoms with Crippen LogP contribution in [-0.2, 0) is 4.74 Å². The van der Waals surface area contributed by atoms with Crippen LogP contribution in [0.1, 0.15) is 37.5 Å². The van der Waals surface area contributed by atoms with Gasteiger partial charge in [-0.05, 0) is 34.8 Å². The molecule has 1 aromatic heterocycles. The molecule has 0 spiro atoms. The van der Waals surface area contributed by atoms with Crippen molar-refractivity contribution in [2.24, 2.45) is 5.73 Å². The number of ether oxygens (including phenoxy) is 1. The van der Waals surface area contributed by atoms with Gasteiger partial charge >= 0.3 is 0 Å². The highest BCUT2D eigenvalue weighted by molar-refractivity contribution is 9.10. The molecule has 2 rings (SSSR count). The number of hydrogen-bond donors (Lipinski definition) is 1. The molecule has 1 fully saturated rings. The molecule has 15 heavy (non-hydrogen) atoms. The summed E-state index contributed by atoms with van der Waals surface area (Å²) in [7, 11) is 1.74. The predicted octanol–water partition coefficient (Wildman–Crippen LogP) is 3.00. The predicted molar refractivity (Wildman–Crippen MR) is 61.5 cm³/mol. The fourth-order valence-electron chi connectivity index (χ4n) is 2.38. The summed E-state index contributed by atoms with van der Waals surface area (Å²) in [6.45, 7) is 0. The van der Waals surface area contributed by atoms with Gasteiger partial charge in [0.15, 0.2) is 0 Å². The highest BCUT2D eigenvalue weighted by atomic mass is 79.9. The van der Waals surface area contributed by atoms with Gasteiger partial charge in [0.25, 0.3) is 0 Å². The molecule has 0 saturated heterocycles. The van der Waals surface area contributed by atoms with E-state index in [1.165, 1.54) is 12.8 Å². The summed E-state index contributed by atoms with van der Waals surface area (Å²) >= 11 is 3.44. The first-order valence-corrected chi connectivity index (χ1v) is 6.02. The van der Waals surface area contributed by atoms with E-state index in [2.05, 4.69) is 15.9 Å². The molecule has 1 heterocycles. The molecule has 4 heteroatoms. The zero-order chi connectivity index (χ0) is 10.9. The highest BCUT2D eigenvalue weighted by Gasteiger charge is 2.42. The molecule has 1 atom stereocenters. The van der Waals surface area contributed by atoms with Crippen LogP contribution in [0, 0.1) is 0 Å². The maximum absolute atomic E-state index is 6.24. The van der Waals surface area contributed by atoms with E-state index in [1.807, 2.05) is 6.07 Å². The van der Waals surface area contributed by atoms with Gasteiger partial charge in [-0.3, -0.25) is 0 Å². The molecule has 0 bridgehead atoms. The molecule has 1 aromatic rings. The van der Waals surface area contributed by atoms with Crippen molar-refractivity contribution in [3.63, 3.8) is 0 Å². The number of rotatable bonds is 3. The van der Waals surface area contributed by atoms with E-state index in [9.17, 15) is 0 Å². The van der Waals surface area contributed by atoms with Gasteiger partial charge in [-0.15, -0.1) is 0 Å². The lowest BCUT2D eigenvalue weighted by molar-refractivity contribution is -0.0314. The van der Waals surface area contributed by atoms with Crippen LogP contribution >= 0.6 is 15.9 Å². The summed E-state index contributed by atoms with van der Waals surface area (Å²) in [4.78, 5) is 0. The third kappa shape index (κ3) is 1.86. The standard InChI is InChI=1S/C11H16BrNO2/c1-14-11(5-2-3-6-11)10(13)9-8(12)4-7-15-9/h4,7,10H,2-3,5-6,13H2,1H3. The van der Waals surface area contributed by atoms with E-state index in [-0.39, 0.29) is 11.6 Å². The minimum absolute atomic E-state index is 0.186. The van der Waals surface area contributed by atoms with Crippen LogP contribution in [0.5, 0.6) is 0 Å². The van der Waals surface area contributed by atoms with Crippen molar-refractivity contribution in [1.82, 2.24) is 0 Å². The molecule has 0 aliphatic heterocycles. The number of halogens is 1. The topological polar surface area (TPSA) is 48.4 Å². The molecular formula is C11H16BrNO2. The summed E-state index contributed by atoms with van der Waals surface area (Å²) < 4.78 is 12.0. The fraction of sp³-hybridized carbons (Fsp3) is 0.636. The van der Waals surface area contributed by atoms with Gasteiger partial charge in [0.05, 0.1) is 22.4 Å². The lowest BCUT2D eigenvalue weighted by Crippen LogP contribution is -2.40. The van der Waals surface area contributed by atoms with Gasteiger partial charge < -0.3 is 14.9 Å². The Bertz CT molecular complexity index is 331. The zero-order valence-corrected chi connectivity index (χ0v) is 10.4. The average molecular weight is 274 g/mol. The van der Waals surface area contributed by atoms with E-state index in [0.717, 1.165) is 23.1 Å². The summed E-state index contributed by atoms with van der Waals surface area (Å²) in [5.74, 6) is 0.791. The Morgan fingerprint density at radius 3 is 2.67 bits per heavy atom. The molecule has 1 aliphatic carbocycles. The Labute approximate surface area is 98.1 Å². The van der Waals surface area contributed by atoms with E-state index in [0.29, 0.717) is 0 Å². The van der Waals surface area contributed by atoms with Crippen LogP contribution in [0.4, 0.5) is 0 Å². The number of nitrogens with two attached hydrogens (primary N) is 1. The van der Waals surface area contributed by atoms with Crippen LogP contribution in [0.15, 0.2) is 21.2 Å². The quantitative estimate of drug-likeness (QED) is 0.921. The molecular weight excluding hydrogens is 258 g/mol. The number of methoxy groups -OCH3 is 1. The van der Waals surface area contributed by atoms with Crippen molar-refractivity contribution in [1.29, 1.82) is 0 Å². The van der Waals surface area contributed by atoms with Crippen LogP contribution in [0.3, 0.4) is 0 Å². The lowest BCUT2D eigenvalue weighted by atomic mass is 9.91. The molecule has 3 nitrogen and oxygen atoms in total. The molecule has 1 unspecified atom stereocenters. The van der Waals surface area contributed by atoms with E-state index >= 15 is 0 Å². The molecule has 84 valence electrons. The molecule has 0 aromatic carbocycles. The Morgan fingerprint density at radius 2 is 2.20 bits per heavy atom.